The Morgan fingerprint density at radius 1 is 1.29 bits per heavy atom. The predicted molar refractivity (Wildman–Crippen MR) is 65.9 cm³/mol. The van der Waals surface area contributed by atoms with Gasteiger partial charge in [0.2, 0.25) is 0 Å². The van der Waals surface area contributed by atoms with Gasteiger partial charge in [-0.25, -0.2) is 0 Å². The second kappa shape index (κ2) is 8.44. The van der Waals surface area contributed by atoms with Crippen molar-refractivity contribution in [2.24, 2.45) is 11.7 Å². The van der Waals surface area contributed by atoms with Gasteiger partial charge in [-0.1, -0.05) is 13.8 Å². The van der Waals surface area contributed by atoms with E-state index in [2.05, 4.69) is 13.8 Å². The third-order valence-electron chi connectivity index (χ3n) is 2.30. The first-order valence-electron chi connectivity index (χ1n) is 6.04. The molecule has 102 valence electrons. The maximum absolute atomic E-state index is 10.7. The zero-order valence-electron chi connectivity index (χ0n) is 11.1. The maximum atomic E-state index is 10.7. The molecular weight excluding hydrogens is 222 g/mol. The van der Waals surface area contributed by atoms with E-state index in [1.165, 1.54) is 6.92 Å². The Hall–Kier alpha value is -0.650. The van der Waals surface area contributed by atoms with Crippen LogP contribution in [-0.2, 0) is 14.3 Å². The van der Waals surface area contributed by atoms with Crippen molar-refractivity contribution in [3.63, 3.8) is 0 Å². The molecule has 17 heavy (non-hydrogen) atoms. The van der Waals surface area contributed by atoms with Crippen molar-refractivity contribution in [3.8, 4) is 0 Å². The average Bonchev–Trinajstić information content (AvgIpc) is 2.21. The summed E-state index contributed by atoms with van der Waals surface area (Å²) in [6.45, 7) is 8.08. The average molecular weight is 247 g/mol. The first-order valence-corrected chi connectivity index (χ1v) is 6.04. The van der Waals surface area contributed by atoms with E-state index in [1.54, 1.807) is 0 Å². The zero-order valence-corrected chi connectivity index (χ0v) is 11.1. The Morgan fingerprint density at radius 2 is 1.88 bits per heavy atom. The molecule has 0 aromatic rings. The van der Waals surface area contributed by atoms with Gasteiger partial charge in [-0.05, 0) is 25.7 Å². The molecule has 5 nitrogen and oxygen atoms in total. The fourth-order valence-corrected chi connectivity index (χ4v) is 1.19. The van der Waals surface area contributed by atoms with Crippen molar-refractivity contribution in [2.45, 2.75) is 39.2 Å². The Morgan fingerprint density at radius 3 is 2.41 bits per heavy atom. The number of hydrogen-bond donors (Lipinski definition) is 2. The van der Waals surface area contributed by atoms with E-state index in [0.717, 1.165) is 6.61 Å². The number of carboxylic acids is 1. The quantitative estimate of drug-likeness (QED) is 0.568. The van der Waals surface area contributed by atoms with Crippen LogP contribution >= 0.6 is 0 Å². The van der Waals surface area contributed by atoms with E-state index >= 15 is 0 Å². The van der Waals surface area contributed by atoms with Gasteiger partial charge >= 0.3 is 5.97 Å². The van der Waals surface area contributed by atoms with Crippen molar-refractivity contribution >= 4 is 5.97 Å². The van der Waals surface area contributed by atoms with Crippen molar-refractivity contribution in [1.82, 2.24) is 0 Å². The molecule has 0 aromatic heterocycles. The summed E-state index contributed by atoms with van der Waals surface area (Å²) in [5, 5.41) is 8.78. The van der Waals surface area contributed by atoms with Crippen LogP contribution in [-0.4, -0.2) is 43.0 Å². The van der Waals surface area contributed by atoms with Crippen LogP contribution < -0.4 is 5.73 Å². The van der Waals surface area contributed by atoms with E-state index in [4.69, 9.17) is 20.3 Å². The fraction of sp³-hybridized carbons (Fsp3) is 0.917. The van der Waals surface area contributed by atoms with Gasteiger partial charge in [-0.3, -0.25) is 4.79 Å². The number of carboxylic acid groups (broad SMARTS) is 1. The first-order chi connectivity index (χ1) is 7.86. The number of hydrogen-bond acceptors (Lipinski definition) is 4. The summed E-state index contributed by atoms with van der Waals surface area (Å²) in [5.41, 5.74) is 4.42. The molecule has 0 amide bonds. The van der Waals surface area contributed by atoms with Crippen molar-refractivity contribution in [2.75, 3.05) is 26.4 Å². The van der Waals surface area contributed by atoms with Crippen LogP contribution in [0.25, 0.3) is 0 Å². The van der Waals surface area contributed by atoms with Crippen LogP contribution in [0.2, 0.25) is 0 Å². The number of ether oxygens (including phenoxy) is 2. The van der Waals surface area contributed by atoms with Gasteiger partial charge in [-0.2, -0.15) is 0 Å². The zero-order chi connectivity index (χ0) is 13.3. The van der Waals surface area contributed by atoms with Gasteiger partial charge in [-0.15, -0.1) is 0 Å². The second-order valence-electron chi connectivity index (χ2n) is 4.91. The summed E-state index contributed by atoms with van der Waals surface area (Å²) >= 11 is 0. The van der Waals surface area contributed by atoms with Gasteiger partial charge in [0.1, 0.15) is 5.54 Å². The summed E-state index contributed by atoms with van der Waals surface area (Å²) in [7, 11) is 0. The van der Waals surface area contributed by atoms with Crippen LogP contribution in [0.1, 0.15) is 33.6 Å². The lowest BCUT2D eigenvalue weighted by Crippen LogP contribution is -2.44. The lowest BCUT2D eigenvalue weighted by molar-refractivity contribution is -0.143. The molecule has 0 aliphatic heterocycles. The molecule has 0 rings (SSSR count). The summed E-state index contributed by atoms with van der Waals surface area (Å²) < 4.78 is 10.7. The highest BCUT2D eigenvalue weighted by Crippen LogP contribution is 2.08. The number of aliphatic carboxylic acids is 1. The van der Waals surface area contributed by atoms with E-state index < -0.39 is 11.5 Å². The molecule has 0 saturated heterocycles. The van der Waals surface area contributed by atoms with Crippen molar-refractivity contribution < 1.29 is 19.4 Å². The minimum absolute atomic E-state index is 0.412. The van der Waals surface area contributed by atoms with Crippen LogP contribution in [0.3, 0.4) is 0 Å². The van der Waals surface area contributed by atoms with E-state index in [0.29, 0.717) is 38.6 Å². The Kier molecular flexibility index (Phi) is 8.12. The Labute approximate surface area is 103 Å². The molecule has 0 aliphatic carbocycles. The molecule has 0 spiro atoms. The summed E-state index contributed by atoms with van der Waals surface area (Å²) in [6, 6.07) is 0. The topological polar surface area (TPSA) is 81.8 Å². The van der Waals surface area contributed by atoms with Gasteiger partial charge in [0.25, 0.3) is 0 Å². The third kappa shape index (κ3) is 9.09. The molecule has 0 fully saturated rings. The lowest BCUT2D eigenvalue weighted by Gasteiger charge is -2.18. The highest BCUT2D eigenvalue weighted by molar-refractivity contribution is 5.77. The molecule has 1 atom stereocenters. The van der Waals surface area contributed by atoms with Gasteiger partial charge in [0.05, 0.1) is 13.2 Å². The minimum Gasteiger partial charge on any atom is -0.480 e. The SMILES string of the molecule is CC(C)COCCOCCCC(C)(N)C(=O)O. The molecule has 5 heteroatoms. The first kappa shape index (κ1) is 16.4. The van der Waals surface area contributed by atoms with Crippen LogP contribution in [0.5, 0.6) is 0 Å². The molecule has 0 saturated carbocycles. The maximum Gasteiger partial charge on any atom is 0.323 e. The molecule has 0 radical (unpaired) electrons. The molecule has 0 heterocycles. The van der Waals surface area contributed by atoms with Crippen LogP contribution in [0.4, 0.5) is 0 Å². The van der Waals surface area contributed by atoms with E-state index in [9.17, 15) is 4.79 Å². The number of nitrogens with two attached hydrogens (primary N) is 1. The fourth-order valence-electron chi connectivity index (χ4n) is 1.19. The molecule has 3 N–H and O–H groups in total. The van der Waals surface area contributed by atoms with E-state index in [-0.39, 0.29) is 0 Å². The second-order valence-corrected chi connectivity index (χ2v) is 4.91. The highest BCUT2D eigenvalue weighted by atomic mass is 16.5. The largest absolute Gasteiger partial charge is 0.480 e. The predicted octanol–water partition coefficient (Wildman–Crippen LogP) is 1.26. The molecule has 1 unspecified atom stereocenters. The lowest BCUT2D eigenvalue weighted by atomic mass is 9.98. The Balaban J connectivity index is 3.33. The molecule has 0 aliphatic rings. The molecule has 0 bridgehead atoms. The number of rotatable bonds is 10. The van der Waals surface area contributed by atoms with Crippen LogP contribution in [0.15, 0.2) is 0 Å². The van der Waals surface area contributed by atoms with Gasteiger partial charge in [0, 0.05) is 13.2 Å². The smallest absolute Gasteiger partial charge is 0.323 e. The van der Waals surface area contributed by atoms with Crippen molar-refractivity contribution in [1.29, 1.82) is 0 Å². The van der Waals surface area contributed by atoms with E-state index in [1.807, 2.05) is 0 Å². The van der Waals surface area contributed by atoms with Crippen molar-refractivity contribution in [3.05, 3.63) is 0 Å². The summed E-state index contributed by atoms with van der Waals surface area (Å²) in [5.74, 6) is -0.443. The summed E-state index contributed by atoms with van der Waals surface area (Å²) in [6.07, 6.45) is 1.05. The molecular formula is C12H25NO4. The standard InChI is InChI=1S/C12H25NO4/c1-10(2)9-17-8-7-16-6-4-5-12(3,13)11(14)15/h10H,4-9,13H2,1-3H3,(H,14,15). The minimum atomic E-state index is -1.16. The van der Waals surface area contributed by atoms with Gasteiger partial charge in [0.15, 0.2) is 0 Å². The van der Waals surface area contributed by atoms with Gasteiger partial charge < -0.3 is 20.3 Å². The number of carbonyl (C=O) groups is 1. The third-order valence-corrected chi connectivity index (χ3v) is 2.30. The highest BCUT2D eigenvalue weighted by Gasteiger charge is 2.26. The monoisotopic (exact) mass is 247 g/mol. The Bertz CT molecular complexity index is 217. The molecule has 0 aromatic carbocycles. The summed E-state index contributed by atoms with van der Waals surface area (Å²) in [4.78, 5) is 10.7. The van der Waals surface area contributed by atoms with Crippen LogP contribution in [0, 0.1) is 5.92 Å². The normalized spacial score (nSPS) is 14.9.